The maximum atomic E-state index is 13.2. The van der Waals surface area contributed by atoms with Crippen LogP contribution in [0.25, 0.3) is 0 Å². The van der Waals surface area contributed by atoms with Crippen LogP contribution in [-0.2, 0) is 11.2 Å². The van der Waals surface area contributed by atoms with Gasteiger partial charge in [0, 0.05) is 39.1 Å². The Bertz CT molecular complexity index is 734. The predicted molar refractivity (Wildman–Crippen MR) is 106 cm³/mol. The van der Waals surface area contributed by atoms with Gasteiger partial charge in [-0.1, -0.05) is 12.1 Å². The zero-order valence-corrected chi connectivity index (χ0v) is 16.8. The minimum atomic E-state index is -0.565. The molecule has 1 fully saturated rings. The van der Waals surface area contributed by atoms with Crippen LogP contribution in [0.3, 0.4) is 0 Å². The fourth-order valence-electron chi connectivity index (χ4n) is 3.23. The number of benzene rings is 1. The first-order valence-corrected chi connectivity index (χ1v) is 9.33. The number of hydrogen-bond donors (Lipinski definition) is 2. The third-order valence-corrected chi connectivity index (χ3v) is 4.76. The lowest BCUT2D eigenvalue weighted by Crippen LogP contribution is -2.44. The number of halogens is 2. The summed E-state index contributed by atoms with van der Waals surface area (Å²) in [7, 11) is 0. The average Bonchev–Trinajstić information content (AvgIpc) is 3.11. The first-order chi connectivity index (χ1) is 13.1. The Morgan fingerprint density at radius 1 is 1.29 bits per heavy atom. The van der Waals surface area contributed by atoms with Crippen molar-refractivity contribution in [2.24, 2.45) is 0 Å². The highest BCUT2D eigenvalue weighted by molar-refractivity contribution is 5.85. The molecule has 0 bridgehead atoms. The van der Waals surface area contributed by atoms with Crippen molar-refractivity contribution >= 4 is 18.3 Å². The Hall–Kier alpha value is -2.10. The van der Waals surface area contributed by atoms with Gasteiger partial charge in [-0.05, 0) is 48.0 Å². The van der Waals surface area contributed by atoms with Crippen LogP contribution in [0.5, 0.6) is 0 Å². The highest BCUT2D eigenvalue weighted by Crippen LogP contribution is 2.15. The molecule has 28 heavy (non-hydrogen) atoms. The molecule has 1 aromatic carbocycles. The van der Waals surface area contributed by atoms with E-state index in [-0.39, 0.29) is 24.1 Å². The number of piperazine rings is 1. The number of carbonyl (C=O) groups excluding carboxylic acids is 1. The maximum absolute atomic E-state index is 13.2. The molecule has 1 aromatic heterocycles. The minimum Gasteiger partial charge on any atom is -0.354 e. The van der Waals surface area contributed by atoms with Crippen molar-refractivity contribution in [2.45, 2.75) is 25.8 Å². The van der Waals surface area contributed by atoms with E-state index >= 15 is 0 Å². The zero-order valence-electron chi connectivity index (χ0n) is 16.0. The van der Waals surface area contributed by atoms with Gasteiger partial charge in [-0.3, -0.25) is 4.79 Å². The molecule has 0 spiro atoms. The van der Waals surface area contributed by atoms with E-state index in [0.717, 1.165) is 44.7 Å². The lowest BCUT2D eigenvalue weighted by Gasteiger charge is -2.27. The number of nitrogens with zero attached hydrogens (tertiary/aromatic N) is 5. The van der Waals surface area contributed by atoms with E-state index in [1.54, 1.807) is 19.1 Å². The first kappa shape index (κ1) is 22.2. The van der Waals surface area contributed by atoms with Gasteiger partial charge < -0.3 is 15.5 Å². The summed E-state index contributed by atoms with van der Waals surface area (Å²) in [5.41, 5.74) is 0.854. The van der Waals surface area contributed by atoms with Crippen LogP contribution in [0.2, 0.25) is 0 Å². The Morgan fingerprint density at radius 2 is 2.00 bits per heavy atom. The van der Waals surface area contributed by atoms with Crippen LogP contribution in [-0.4, -0.2) is 70.3 Å². The van der Waals surface area contributed by atoms with Gasteiger partial charge >= 0.3 is 0 Å². The van der Waals surface area contributed by atoms with E-state index in [2.05, 4.69) is 31.1 Å². The topological polar surface area (TPSA) is 88.0 Å². The van der Waals surface area contributed by atoms with Crippen molar-refractivity contribution in [3.05, 3.63) is 41.5 Å². The molecule has 154 valence electrons. The second-order valence-corrected chi connectivity index (χ2v) is 6.75. The number of amides is 1. The Labute approximate surface area is 170 Å². The van der Waals surface area contributed by atoms with Gasteiger partial charge in [-0.15, -0.1) is 17.5 Å². The first-order valence-electron chi connectivity index (χ1n) is 9.33. The van der Waals surface area contributed by atoms with Crippen LogP contribution in [0.15, 0.2) is 24.3 Å². The molecule has 0 saturated carbocycles. The Morgan fingerprint density at radius 3 is 2.64 bits per heavy atom. The summed E-state index contributed by atoms with van der Waals surface area (Å²) in [6, 6.07) is 5.58. The summed E-state index contributed by atoms with van der Waals surface area (Å²) >= 11 is 0. The second-order valence-electron chi connectivity index (χ2n) is 6.75. The van der Waals surface area contributed by atoms with Crippen LogP contribution in [0, 0.1) is 12.7 Å². The molecule has 8 nitrogen and oxygen atoms in total. The fourth-order valence-corrected chi connectivity index (χ4v) is 3.23. The quantitative estimate of drug-likeness (QED) is 0.623. The Kier molecular flexibility index (Phi) is 8.75. The van der Waals surface area contributed by atoms with Gasteiger partial charge in [0.05, 0.1) is 0 Å². The zero-order chi connectivity index (χ0) is 19.1. The molecule has 2 heterocycles. The molecular formula is C18H27ClFN7O. The number of aryl methyl sites for hydroxylation is 1. The molecule has 0 radical (unpaired) electrons. The molecule has 2 N–H and O–H groups in total. The molecule has 1 atom stereocenters. The fraction of sp³-hybridized carbons (Fsp3) is 0.556. The van der Waals surface area contributed by atoms with Gasteiger partial charge in [0.25, 0.3) is 0 Å². The van der Waals surface area contributed by atoms with Crippen LogP contribution >= 0.6 is 12.4 Å². The standard InChI is InChI=1S/C18H26FN7O.ClH/c1-14-22-23-24-26(14)17(13-15-3-5-16(19)6-4-15)18(27)21-7-2-10-25-11-8-20-9-12-25;/h3-6,17,20H,2,7-13H2,1H3,(H,21,27);1H. The smallest absolute Gasteiger partial charge is 0.245 e. The predicted octanol–water partition coefficient (Wildman–Crippen LogP) is 0.738. The maximum Gasteiger partial charge on any atom is 0.245 e. The average molecular weight is 412 g/mol. The van der Waals surface area contributed by atoms with Crippen molar-refractivity contribution in [3.63, 3.8) is 0 Å². The molecule has 1 unspecified atom stereocenters. The second kappa shape index (κ2) is 11.0. The van der Waals surface area contributed by atoms with E-state index in [9.17, 15) is 9.18 Å². The SMILES string of the molecule is Cc1nnnn1C(Cc1ccc(F)cc1)C(=O)NCCCN1CCNCC1.Cl. The number of carbonyl (C=O) groups is 1. The van der Waals surface area contributed by atoms with Crippen molar-refractivity contribution in [1.82, 2.24) is 35.7 Å². The third-order valence-electron chi connectivity index (χ3n) is 4.76. The number of aromatic nitrogens is 4. The van der Waals surface area contributed by atoms with E-state index in [1.807, 2.05) is 0 Å². The summed E-state index contributed by atoms with van der Waals surface area (Å²) in [5, 5.41) is 17.8. The lowest BCUT2D eigenvalue weighted by atomic mass is 10.1. The molecule has 0 aliphatic carbocycles. The van der Waals surface area contributed by atoms with Crippen molar-refractivity contribution in [2.75, 3.05) is 39.3 Å². The highest BCUT2D eigenvalue weighted by atomic mass is 35.5. The van der Waals surface area contributed by atoms with Crippen molar-refractivity contribution in [3.8, 4) is 0 Å². The summed E-state index contributed by atoms with van der Waals surface area (Å²) in [6.45, 7) is 7.46. The van der Waals surface area contributed by atoms with Crippen LogP contribution in [0.4, 0.5) is 4.39 Å². The van der Waals surface area contributed by atoms with E-state index in [4.69, 9.17) is 0 Å². The van der Waals surface area contributed by atoms with Crippen LogP contribution < -0.4 is 10.6 Å². The number of tetrazole rings is 1. The Balaban J connectivity index is 0.00000280. The van der Waals surface area contributed by atoms with Gasteiger partial charge in [-0.25, -0.2) is 9.07 Å². The van der Waals surface area contributed by atoms with Crippen LogP contribution in [0.1, 0.15) is 23.9 Å². The molecule has 1 amide bonds. The number of hydrogen-bond acceptors (Lipinski definition) is 6. The minimum absolute atomic E-state index is 0. The molecule has 2 aromatic rings. The van der Waals surface area contributed by atoms with Gasteiger partial charge in [0.1, 0.15) is 17.7 Å². The summed E-state index contributed by atoms with van der Waals surface area (Å²) in [5.74, 6) is 0.138. The number of rotatable bonds is 8. The van der Waals surface area contributed by atoms with Gasteiger partial charge in [0.2, 0.25) is 5.91 Å². The van der Waals surface area contributed by atoms with Gasteiger partial charge in [0.15, 0.2) is 0 Å². The lowest BCUT2D eigenvalue weighted by molar-refractivity contribution is -0.124. The van der Waals surface area contributed by atoms with E-state index < -0.39 is 6.04 Å². The molecule has 10 heteroatoms. The molecule has 3 rings (SSSR count). The van der Waals surface area contributed by atoms with E-state index in [0.29, 0.717) is 18.8 Å². The summed E-state index contributed by atoms with van der Waals surface area (Å²) in [4.78, 5) is 15.2. The molecular weight excluding hydrogens is 385 g/mol. The highest BCUT2D eigenvalue weighted by Gasteiger charge is 2.24. The van der Waals surface area contributed by atoms with Crippen molar-refractivity contribution in [1.29, 1.82) is 0 Å². The van der Waals surface area contributed by atoms with Gasteiger partial charge in [-0.2, -0.15) is 0 Å². The summed E-state index contributed by atoms with van der Waals surface area (Å²) in [6.07, 6.45) is 1.29. The monoisotopic (exact) mass is 411 g/mol. The largest absolute Gasteiger partial charge is 0.354 e. The van der Waals surface area contributed by atoms with Crippen molar-refractivity contribution < 1.29 is 9.18 Å². The molecule has 1 aliphatic rings. The normalized spacial score (nSPS) is 15.6. The molecule has 1 aliphatic heterocycles. The summed E-state index contributed by atoms with van der Waals surface area (Å²) < 4.78 is 14.7. The van der Waals surface area contributed by atoms with E-state index in [1.165, 1.54) is 16.8 Å². The molecule has 1 saturated heterocycles. The third kappa shape index (κ3) is 6.22. The number of nitrogens with one attached hydrogen (secondary N) is 2.